The molecular formula is C8H10N4OS. The van der Waals surface area contributed by atoms with E-state index in [4.69, 9.17) is 4.42 Å². The van der Waals surface area contributed by atoms with Gasteiger partial charge in [-0.15, -0.1) is 16.4 Å². The van der Waals surface area contributed by atoms with E-state index < -0.39 is 0 Å². The lowest BCUT2D eigenvalue weighted by Crippen LogP contribution is -1.98. The van der Waals surface area contributed by atoms with Crippen LogP contribution in [-0.2, 0) is 6.54 Å². The molecule has 0 aliphatic heterocycles. The topological polar surface area (TPSA) is 63.8 Å². The number of nitrogens with one attached hydrogen (secondary N) is 1. The maximum absolute atomic E-state index is 5.16. The van der Waals surface area contributed by atoms with E-state index >= 15 is 0 Å². The van der Waals surface area contributed by atoms with Crippen molar-refractivity contribution >= 4 is 17.4 Å². The first-order valence-electron chi connectivity index (χ1n) is 4.19. The molecule has 2 aromatic rings. The van der Waals surface area contributed by atoms with Gasteiger partial charge in [0.1, 0.15) is 5.01 Å². The third-order valence-corrected chi connectivity index (χ3v) is 2.55. The maximum Gasteiger partial charge on any atom is 0.315 e. The van der Waals surface area contributed by atoms with E-state index in [0.717, 1.165) is 10.7 Å². The Kier molecular flexibility index (Phi) is 2.45. The fraction of sp³-hybridized carbons (Fsp3) is 0.375. The molecule has 0 fully saturated rings. The van der Waals surface area contributed by atoms with Crippen molar-refractivity contribution in [1.29, 1.82) is 0 Å². The standard InChI is InChI=1S/C8H10N4OS/c1-5-4-14-7(10-5)3-9-8-12-11-6(2)13-8/h4H,3H2,1-2H3,(H,9,12). The van der Waals surface area contributed by atoms with Crippen molar-refractivity contribution in [3.05, 3.63) is 22.0 Å². The summed E-state index contributed by atoms with van der Waals surface area (Å²) in [5.74, 6) is 0.558. The molecule has 0 radical (unpaired) electrons. The van der Waals surface area contributed by atoms with Gasteiger partial charge in [-0.1, -0.05) is 5.10 Å². The van der Waals surface area contributed by atoms with Gasteiger partial charge in [-0.3, -0.25) is 0 Å². The Morgan fingerprint density at radius 1 is 1.43 bits per heavy atom. The smallest absolute Gasteiger partial charge is 0.315 e. The number of thiazole rings is 1. The summed E-state index contributed by atoms with van der Waals surface area (Å²) in [5.41, 5.74) is 1.04. The monoisotopic (exact) mass is 210 g/mol. The zero-order valence-electron chi connectivity index (χ0n) is 7.94. The number of hydrogen-bond acceptors (Lipinski definition) is 6. The second-order valence-electron chi connectivity index (χ2n) is 2.86. The van der Waals surface area contributed by atoms with Gasteiger partial charge in [0.15, 0.2) is 0 Å². The number of rotatable bonds is 3. The van der Waals surface area contributed by atoms with Gasteiger partial charge in [0.2, 0.25) is 5.89 Å². The summed E-state index contributed by atoms with van der Waals surface area (Å²) in [7, 11) is 0. The molecule has 1 N–H and O–H groups in total. The molecule has 2 heterocycles. The van der Waals surface area contributed by atoms with Gasteiger partial charge in [-0.05, 0) is 6.92 Å². The van der Waals surface area contributed by atoms with Crippen molar-refractivity contribution in [2.24, 2.45) is 0 Å². The lowest BCUT2D eigenvalue weighted by molar-refractivity contribution is 0.530. The molecule has 0 saturated carbocycles. The van der Waals surface area contributed by atoms with Crippen LogP contribution in [0.25, 0.3) is 0 Å². The molecule has 74 valence electrons. The van der Waals surface area contributed by atoms with Crippen LogP contribution < -0.4 is 5.32 Å². The van der Waals surface area contributed by atoms with Crippen molar-refractivity contribution < 1.29 is 4.42 Å². The average Bonchev–Trinajstić information content (AvgIpc) is 2.72. The minimum Gasteiger partial charge on any atom is -0.408 e. The SMILES string of the molecule is Cc1csc(CNc2nnc(C)o2)n1. The summed E-state index contributed by atoms with van der Waals surface area (Å²) in [6, 6.07) is 0.440. The Balaban J connectivity index is 1.94. The van der Waals surface area contributed by atoms with Crippen LogP contribution in [0.4, 0.5) is 6.01 Å². The minimum atomic E-state index is 0.440. The number of anilines is 1. The van der Waals surface area contributed by atoms with Gasteiger partial charge >= 0.3 is 6.01 Å². The summed E-state index contributed by atoms with van der Waals surface area (Å²) in [5, 5.41) is 13.5. The second kappa shape index (κ2) is 3.75. The van der Waals surface area contributed by atoms with Crippen molar-refractivity contribution in [2.45, 2.75) is 20.4 Å². The summed E-state index contributed by atoms with van der Waals surface area (Å²) in [6.45, 7) is 4.35. The zero-order valence-corrected chi connectivity index (χ0v) is 8.76. The average molecular weight is 210 g/mol. The van der Waals surface area contributed by atoms with E-state index in [1.165, 1.54) is 0 Å². The highest BCUT2D eigenvalue weighted by atomic mass is 32.1. The molecular weight excluding hydrogens is 200 g/mol. The Hall–Kier alpha value is -1.43. The molecule has 0 bridgehead atoms. The molecule has 14 heavy (non-hydrogen) atoms. The lowest BCUT2D eigenvalue weighted by atomic mass is 10.6. The predicted molar refractivity (Wildman–Crippen MR) is 53.2 cm³/mol. The van der Waals surface area contributed by atoms with E-state index in [1.807, 2.05) is 12.3 Å². The van der Waals surface area contributed by atoms with E-state index in [-0.39, 0.29) is 0 Å². The molecule has 6 heteroatoms. The van der Waals surface area contributed by atoms with Crippen LogP contribution in [0.3, 0.4) is 0 Å². The Labute approximate surface area is 85.2 Å². The van der Waals surface area contributed by atoms with E-state index in [9.17, 15) is 0 Å². The third-order valence-electron chi connectivity index (χ3n) is 1.58. The highest BCUT2D eigenvalue weighted by Crippen LogP contribution is 2.11. The van der Waals surface area contributed by atoms with Crippen LogP contribution in [-0.4, -0.2) is 15.2 Å². The molecule has 0 atom stereocenters. The number of aromatic nitrogens is 3. The minimum absolute atomic E-state index is 0.440. The van der Waals surface area contributed by atoms with Crippen LogP contribution >= 0.6 is 11.3 Å². The molecule has 0 aliphatic carbocycles. The van der Waals surface area contributed by atoms with Crippen molar-refractivity contribution in [3.63, 3.8) is 0 Å². The first-order valence-corrected chi connectivity index (χ1v) is 5.07. The Bertz CT molecular complexity index is 382. The number of aryl methyl sites for hydroxylation is 2. The van der Waals surface area contributed by atoms with Crippen LogP contribution in [0, 0.1) is 13.8 Å². The summed E-state index contributed by atoms with van der Waals surface area (Å²) >= 11 is 1.61. The summed E-state index contributed by atoms with van der Waals surface area (Å²) in [6.07, 6.45) is 0. The molecule has 0 aromatic carbocycles. The summed E-state index contributed by atoms with van der Waals surface area (Å²) < 4.78 is 5.16. The Morgan fingerprint density at radius 2 is 2.29 bits per heavy atom. The Morgan fingerprint density at radius 3 is 2.86 bits per heavy atom. The van der Waals surface area contributed by atoms with E-state index in [0.29, 0.717) is 18.5 Å². The van der Waals surface area contributed by atoms with Crippen molar-refractivity contribution in [3.8, 4) is 0 Å². The first kappa shape index (κ1) is 9.14. The predicted octanol–water partition coefficient (Wildman–Crippen LogP) is 1.76. The van der Waals surface area contributed by atoms with Crippen LogP contribution in [0.2, 0.25) is 0 Å². The molecule has 0 amide bonds. The molecule has 2 aromatic heterocycles. The van der Waals surface area contributed by atoms with Gasteiger partial charge in [0, 0.05) is 18.0 Å². The quantitative estimate of drug-likeness (QED) is 0.836. The molecule has 2 rings (SSSR count). The van der Waals surface area contributed by atoms with Crippen molar-refractivity contribution in [2.75, 3.05) is 5.32 Å². The van der Waals surface area contributed by atoms with Crippen molar-refractivity contribution in [1.82, 2.24) is 15.2 Å². The van der Waals surface area contributed by atoms with Gasteiger partial charge in [0.05, 0.1) is 6.54 Å². The molecule has 0 unspecified atom stereocenters. The maximum atomic E-state index is 5.16. The van der Waals surface area contributed by atoms with Gasteiger partial charge in [-0.2, -0.15) is 0 Å². The normalized spacial score (nSPS) is 10.4. The van der Waals surface area contributed by atoms with Crippen LogP contribution in [0.5, 0.6) is 0 Å². The number of nitrogens with zero attached hydrogens (tertiary/aromatic N) is 3. The fourth-order valence-electron chi connectivity index (χ4n) is 1.00. The second-order valence-corrected chi connectivity index (χ2v) is 3.81. The highest BCUT2D eigenvalue weighted by Gasteiger charge is 2.02. The van der Waals surface area contributed by atoms with Gasteiger partial charge in [-0.25, -0.2) is 4.98 Å². The van der Waals surface area contributed by atoms with E-state index in [1.54, 1.807) is 18.3 Å². The number of hydrogen-bond donors (Lipinski definition) is 1. The van der Waals surface area contributed by atoms with Gasteiger partial charge < -0.3 is 9.73 Å². The highest BCUT2D eigenvalue weighted by molar-refractivity contribution is 7.09. The first-order chi connectivity index (χ1) is 6.74. The molecule has 0 aliphatic rings. The third kappa shape index (κ3) is 2.08. The fourth-order valence-corrected chi connectivity index (χ4v) is 1.71. The molecule has 0 saturated heterocycles. The molecule has 5 nitrogen and oxygen atoms in total. The zero-order chi connectivity index (χ0) is 9.97. The van der Waals surface area contributed by atoms with Crippen LogP contribution in [0.15, 0.2) is 9.80 Å². The van der Waals surface area contributed by atoms with Gasteiger partial charge in [0.25, 0.3) is 0 Å². The molecule has 0 spiro atoms. The summed E-state index contributed by atoms with van der Waals surface area (Å²) in [4.78, 5) is 4.30. The van der Waals surface area contributed by atoms with Crippen LogP contribution in [0.1, 0.15) is 16.6 Å². The lowest BCUT2D eigenvalue weighted by Gasteiger charge is -1.95. The van der Waals surface area contributed by atoms with E-state index in [2.05, 4.69) is 20.5 Å². The largest absolute Gasteiger partial charge is 0.408 e.